The molecule has 1 aromatic carbocycles. The quantitative estimate of drug-likeness (QED) is 0.799. The van der Waals surface area contributed by atoms with E-state index in [1.807, 2.05) is 24.3 Å². The molecule has 0 saturated carbocycles. The van der Waals surface area contributed by atoms with Crippen molar-refractivity contribution in [3.8, 4) is 0 Å². The lowest BCUT2D eigenvalue weighted by atomic mass is 9.96. The molecule has 1 aromatic rings. The highest BCUT2D eigenvalue weighted by Gasteiger charge is 2.22. The van der Waals surface area contributed by atoms with Crippen LogP contribution in [0, 0.1) is 0 Å². The molecule has 0 aromatic heterocycles. The Kier molecular flexibility index (Phi) is 3.66. The first-order valence-corrected chi connectivity index (χ1v) is 4.30. The van der Waals surface area contributed by atoms with Gasteiger partial charge in [-0.05, 0) is 17.5 Å². The first-order chi connectivity index (χ1) is 6.27. The molecular weight excluding hydrogens is 246 g/mol. The van der Waals surface area contributed by atoms with Crippen LogP contribution in [-0.4, -0.2) is 17.1 Å². The second-order valence-electron chi connectivity index (χ2n) is 3.24. The van der Waals surface area contributed by atoms with Gasteiger partial charge in [-0.25, -0.2) is 0 Å². The summed E-state index contributed by atoms with van der Waals surface area (Å²) in [4.78, 5) is 10.7. The van der Waals surface area contributed by atoms with E-state index in [0.29, 0.717) is 13.0 Å². The fraction of sp³-hybridized carbons (Fsp3) is 0.300. The monoisotopic (exact) mass is 257 g/mol. The van der Waals surface area contributed by atoms with Gasteiger partial charge in [0.1, 0.15) is 6.04 Å². The van der Waals surface area contributed by atoms with Gasteiger partial charge in [0.25, 0.3) is 0 Å². The molecular formula is C10H12BrNO2. The van der Waals surface area contributed by atoms with Gasteiger partial charge in [0, 0.05) is 6.54 Å². The summed E-state index contributed by atoms with van der Waals surface area (Å²) in [5, 5.41) is 11.8. The first kappa shape index (κ1) is 11.2. The number of fused-ring (bicyclic) bond motifs is 1. The minimum atomic E-state index is -0.769. The van der Waals surface area contributed by atoms with Crippen molar-refractivity contribution in [2.24, 2.45) is 0 Å². The van der Waals surface area contributed by atoms with Crippen molar-refractivity contribution in [1.82, 2.24) is 5.32 Å². The number of nitrogens with one attached hydrogen (secondary N) is 1. The molecule has 4 heteroatoms. The third-order valence-electron chi connectivity index (χ3n) is 2.38. The van der Waals surface area contributed by atoms with Crippen molar-refractivity contribution in [2.75, 3.05) is 0 Å². The topological polar surface area (TPSA) is 49.3 Å². The zero-order chi connectivity index (χ0) is 9.26. The molecule has 2 rings (SSSR count). The molecule has 0 bridgehead atoms. The van der Waals surface area contributed by atoms with Gasteiger partial charge in [0.15, 0.2) is 0 Å². The van der Waals surface area contributed by atoms with Crippen LogP contribution in [0.1, 0.15) is 11.1 Å². The van der Waals surface area contributed by atoms with Crippen molar-refractivity contribution < 1.29 is 9.90 Å². The van der Waals surface area contributed by atoms with Gasteiger partial charge in [0.2, 0.25) is 0 Å². The minimum absolute atomic E-state index is 0. The second-order valence-corrected chi connectivity index (χ2v) is 3.24. The Morgan fingerprint density at radius 2 is 2.00 bits per heavy atom. The zero-order valence-corrected chi connectivity index (χ0v) is 9.28. The lowest BCUT2D eigenvalue weighted by Gasteiger charge is -2.22. The smallest absolute Gasteiger partial charge is 0.321 e. The largest absolute Gasteiger partial charge is 0.480 e. The fourth-order valence-electron chi connectivity index (χ4n) is 1.63. The Hall–Kier alpha value is -0.870. The van der Waals surface area contributed by atoms with E-state index in [9.17, 15) is 4.79 Å². The number of aliphatic carboxylic acids is 1. The number of rotatable bonds is 1. The fourth-order valence-corrected chi connectivity index (χ4v) is 1.63. The Labute approximate surface area is 92.9 Å². The molecule has 3 nitrogen and oxygen atoms in total. The summed E-state index contributed by atoms with van der Waals surface area (Å²) in [5.41, 5.74) is 2.36. The molecule has 0 amide bonds. The Morgan fingerprint density at radius 3 is 2.64 bits per heavy atom. The highest BCUT2D eigenvalue weighted by Crippen LogP contribution is 2.15. The van der Waals surface area contributed by atoms with Crippen molar-refractivity contribution in [2.45, 2.75) is 19.0 Å². The highest BCUT2D eigenvalue weighted by molar-refractivity contribution is 8.93. The molecule has 1 aliphatic rings. The summed E-state index contributed by atoms with van der Waals surface area (Å²) in [5.74, 6) is -0.769. The van der Waals surface area contributed by atoms with Gasteiger partial charge in [0.05, 0.1) is 0 Å². The molecule has 0 radical (unpaired) electrons. The molecule has 0 aliphatic carbocycles. The summed E-state index contributed by atoms with van der Waals surface area (Å²) in [6, 6.07) is 7.52. The van der Waals surface area contributed by atoms with E-state index in [1.165, 1.54) is 5.56 Å². The molecule has 0 unspecified atom stereocenters. The predicted molar refractivity (Wildman–Crippen MR) is 58.7 cm³/mol. The van der Waals surface area contributed by atoms with Crippen molar-refractivity contribution in [3.05, 3.63) is 35.4 Å². The van der Waals surface area contributed by atoms with Crippen LogP contribution in [0.15, 0.2) is 24.3 Å². The van der Waals surface area contributed by atoms with Crippen LogP contribution in [0.5, 0.6) is 0 Å². The Bertz CT molecular complexity index is 341. The van der Waals surface area contributed by atoms with Crippen LogP contribution in [-0.2, 0) is 17.8 Å². The number of carboxylic acids is 1. The van der Waals surface area contributed by atoms with Crippen molar-refractivity contribution in [1.29, 1.82) is 0 Å². The van der Waals surface area contributed by atoms with E-state index >= 15 is 0 Å². The molecule has 0 saturated heterocycles. The molecule has 1 heterocycles. The Balaban J connectivity index is 0.000000980. The number of hydrogen-bond acceptors (Lipinski definition) is 2. The van der Waals surface area contributed by atoms with Crippen LogP contribution < -0.4 is 5.32 Å². The van der Waals surface area contributed by atoms with Crippen LogP contribution >= 0.6 is 17.0 Å². The highest BCUT2D eigenvalue weighted by atomic mass is 79.9. The van der Waals surface area contributed by atoms with Gasteiger partial charge < -0.3 is 10.4 Å². The molecule has 14 heavy (non-hydrogen) atoms. The number of carbonyl (C=O) groups is 1. The van der Waals surface area contributed by atoms with Crippen molar-refractivity contribution >= 4 is 23.0 Å². The zero-order valence-electron chi connectivity index (χ0n) is 7.56. The summed E-state index contributed by atoms with van der Waals surface area (Å²) in [6.07, 6.45) is 0.589. The van der Waals surface area contributed by atoms with Crippen LogP contribution in [0.4, 0.5) is 0 Å². The summed E-state index contributed by atoms with van der Waals surface area (Å²) < 4.78 is 0. The maximum absolute atomic E-state index is 10.7. The van der Waals surface area contributed by atoms with Gasteiger partial charge in [-0.15, -0.1) is 17.0 Å². The van der Waals surface area contributed by atoms with Gasteiger partial charge in [-0.3, -0.25) is 4.79 Å². The maximum Gasteiger partial charge on any atom is 0.321 e. The third-order valence-corrected chi connectivity index (χ3v) is 2.38. The van der Waals surface area contributed by atoms with Gasteiger partial charge in [-0.1, -0.05) is 24.3 Å². The number of hydrogen-bond donors (Lipinski definition) is 2. The molecule has 0 spiro atoms. The van der Waals surface area contributed by atoms with Gasteiger partial charge >= 0.3 is 5.97 Å². The summed E-state index contributed by atoms with van der Waals surface area (Å²) in [6.45, 7) is 0.660. The van der Waals surface area contributed by atoms with E-state index in [2.05, 4.69) is 5.32 Å². The number of carboxylic acid groups (broad SMARTS) is 1. The molecule has 0 fully saturated rings. The van der Waals surface area contributed by atoms with Crippen LogP contribution in [0.2, 0.25) is 0 Å². The normalized spacial score (nSPS) is 19.3. The van der Waals surface area contributed by atoms with E-state index in [0.717, 1.165) is 5.56 Å². The van der Waals surface area contributed by atoms with Crippen LogP contribution in [0.3, 0.4) is 0 Å². The SMILES string of the molecule is Br.O=C(O)[C@@H]1Cc2ccccc2CN1. The number of benzene rings is 1. The van der Waals surface area contributed by atoms with Crippen LogP contribution in [0.25, 0.3) is 0 Å². The third kappa shape index (κ3) is 2.13. The molecule has 1 atom stereocenters. The standard InChI is InChI=1S/C10H11NO2.BrH/c12-10(13)9-5-7-3-1-2-4-8(7)6-11-9;/h1-4,9,11H,5-6H2,(H,12,13);1H/t9-;/m0./s1. The van der Waals surface area contributed by atoms with E-state index in [4.69, 9.17) is 5.11 Å². The average Bonchev–Trinajstić information content (AvgIpc) is 2.17. The lowest BCUT2D eigenvalue weighted by molar-refractivity contribution is -0.139. The van der Waals surface area contributed by atoms with Crippen molar-refractivity contribution in [3.63, 3.8) is 0 Å². The molecule has 2 N–H and O–H groups in total. The predicted octanol–water partition coefficient (Wildman–Crippen LogP) is 1.36. The summed E-state index contributed by atoms with van der Waals surface area (Å²) >= 11 is 0. The molecule has 76 valence electrons. The van der Waals surface area contributed by atoms with Gasteiger partial charge in [-0.2, -0.15) is 0 Å². The minimum Gasteiger partial charge on any atom is -0.480 e. The maximum atomic E-state index is 10.7. The van der Waals surface area contributed by atoms with E-state index in [-0.39, 0.29) is 17.0 Å². The number of halogens is 1. The molecule has 1 aliphatic heterocycles. The summed E-state index contributed by atoms with van der Waals surface area (Å²) in [7, 11) is 0. The second kappa shape index (κ2) is 4.57. The average molecular weight is 258 g/mol. The first-order valence-electron chi connectivity index (χ1n) is 4.30. The van der Waals surface area contributed by atoms with E-state index in [1.54, 1.807) is 0 Å². The Morgan fingerprint density at radius 1 is 1.36 bits per heavy atom. The van der Waals surface area contributed by atoms with E-state index < -0.39 is 12.0 Å². The lowest BCUT2D eigenvalue weighted by Crippen LogP contribution is -2.41.